The van der Waals surface area contributed by atoms with E-state index in [0.29, 0.717) is 12.2 Å². The van der Waals surface area contributed by atoms with Crippen molar-refractivity contribution in [1.29, 1.82) is 0 Å². The van der Waals surface area contributed by atoms with Crippen LogP contribution in [0.5, 0.6) is 0 Å². The minimum Gasteiger partial charge on any atom is -0.312 e. The van der Waals surface area contributed by atoms with Gasteiger partial charge in [-0.1, -0.05) is 6.07 Å². The van der Waals surface area contributed by atoms with E-state index in [0.717, 1.165) is 17.7 Å². The number of benzene rings is 1. The van der Waals surface area contributed by atoms with E-state index in [1.807, 2.05) is 6.07 Å². The van der Waals surface area contributed by atoms with Gasteiger partial charge in [0.1, 0.15) is 5.25 Å². The lowest BCUT2D eigenvalue weighted by Gasteiger charge is -2.20. The predicted octanol–water partition coefficient (Wildman–Crippen LogP) is 1.27. The second-order valence-electron chi connectivity index (χ2n) is 5.54. The normalized spacial score (nSPS) is 21.4. The second kappa shape index (κ2) is 5.24. The standard InChI is InChI=1S/C14H15ClN2O4S/c1-9(18)16-5-4-10-2-3-11(6-13(10)16)17-8-12(7-14(17)19)22(15,20)21/h2-3,6,12H,4-5,7-8H2,1H3. The van der Waals surface area contributed by atoms with Crippen molar-refractivity contribution in [1.82, 2.24) is 0 Å². The monoisotopic (exact) mass is 342 g/mol. The molecular formula is C14H15ClN2O4S. The van der Waals surface area contributed by atoms with Crippen LogP contribution in [-0.4, -0.2) is 38.6 Å². The summed E-state index contributed by atoms with van der Waals surface area (Å²) in [4.78, 5) is 26.8. The number of nitrogens with zero attached hydrogens (tertiary/aromatic N) is 2. The van der Waals surface area contributed by atoms with Gasteiger partial charge in [0.2, 0.25) is 20.9 Å². The number of hydrogen-bond acceptors (Lipinski definition) is 4. The van der Waals surface area contributed by atoms with Crippen molar-refractivity contribution >= 4 is 42.9 Å². The Morgan fingerprint density at radius 3 is 2.68 bits per heavy atom. The van der Waals surface area contributed by atoms with Crippen LogP contribution in [0.3, 0.4) is 0 Å². The van der Waals surface area contributed by atoms with E-state index in [4.69, 9.17) is 10.7 Å². The summed E-state index contributed by atoms with van der Waals surface area (Å²) in [5.74, 6) is -0.327. The van der Waals surface area contributed by atoms with Crippen molar-refractivity contribution in [3.8, 4) is 0 Å². The maximum absolute atomic E-state index is 12.1. The van der Waals surface area contributed by atoms with E-state index in [-0.39, 0.29) is 24.8 Å². The zero-order valence-corrected chi connectivity index (χ0v) is 13.5. The molecule has 0 saturated carbocycles. The fourth-order valence-electron chi connectivity index (χ4n) is 2.98. The largest absolute Gasteiger partial charge is 0.312 e. The molecule has 1 fully saturated rings. The molecule has 1 saturated heterocycles. The molecule has 0 radical (unpaired) electrons. The maximum Gasteiger partial charge on any atom is 0.237 e. The first kappa shape index (κ1) is 15.3. The van der Waals surface area contributed by atoms with Crippen LogP contribution >= 0.6 is 10.7 Å². The fourth-order valence-corrected chi connectivity index (χ4v) is 4.00. The molecule has 118 valence electrons. The van der Waals surface area contributed by atoms with E-state index >= 15 is 0 Å². The lowest BCUT2D eigenvalue weighted by Crippen LogP contribution is -2.28. The molecule has 2 heterocycles. The van der Waals surface area contributed by atoms with Gasteiger partial charge in [-0.25, -0.2) is 8.42 Å². The van der Waals surface area contributed by atoms with Crippen molar-refractivity contribution in [2.24, 2.45) is 0 Å². The quantitative estimate of drug-likeness (QED) is 0.758. The molecule has 0 aliphatic carbocycles. The molecule has 22 heavy (non-hydrogen) atoms. The highest BCUT2D eigenvalue weighted by Crippen LogP contribution is 2.34. The highest BCUT2D eigenvalue weighted by Gasteiger charge is 2.38. The number of hydrogen-bond donors (Lipinski definition) is 0. The molecule has 1 atom stereocenters. The number of halogens is 1. The smallest absolute Gasteiger partial charge is 0.237 e. The van der Waals surface area contributed by atoms with E-state index in [2.05, 4.69) is 0 Å². The van der Waals surface area contributed by atoms with E-state index in [1.54, 1.807) is 17.0 Å². The minimum atomic E-state index is -3.77. The van der Waals surface area contributed by atoms with Gasteiger partial charge in [-0.15, -0.1) is 0 Å². The van der Waals surface area contributed by atoms with Crippen molar-refractivity contribution in [3.05, 3.63) is 23.8 Å². The SMILES string of the molecule is CC(=O)N1CCc2ccc(N3CC(S(=O)(=O)Cl)CC3=O)cc21. The topological polar surface area (TPSA) is 74.8 Å². The summed E-state index contributed by atoms with van der Waals surface area (Å²) in [7, 11) is 1.59. The molecule has 8 heteroatoms. The van der Waals surface area contributed by atoms with Gasteiger partial charge in [-0.3, -0.25) is 9.59 Å². The van der Waals surface area contributed by atoms with Gasteiger partial charge < -0.3 is 9.80 Å². The Hall–Kier alpha value is -1.60. The Morgan fingerprint density at radius 1 is 1.36 bits per heavy atom. The lowest BCUT2D eigenvalue weighted by atomic mass is 10.1. The van der Waals surface area contributed by atoms with Gasteiger partial charge in [0, 0.05) is 48.5 Å². The Labute approximate surface area is 133 Å². The Morgan fingerprint density at radius 2 is 2.09 bits per heavy atom. The molecule has 2 aliphatic heterocycles. The third-order valence-electron chi connectivity index (χ3n) is 4.14. The molecular weight excluding hydrogens is 328 g/mol. The maximum atomic E-state index is 12.1. The zero-order valence-electron chi connectivity index (χ0n) is 12.0. The van der Waals surface area contributed by atoms with Crippen LogP contribution in [0.15, 0.2) is 18.2 Å². The number of carbonyl (C=O) groups is 2. The molecule has 1 aromatic carbocycles. The van der Waals surface area contributed by atoms with Crippen molar-refractivity contribution in [3.63, 3.8) is 0 Å². The molecule has 6 nitrogen and oxygen atoms in total. The van der Waals surface area contributed by atoms with E-state index in [9.17, 15) is 18.0 Å². The van der Waals surface area contributed by atoms with Crippen molar-refractivity contribution < 1.29 is 18.0 Å². The molecule has 0 spiro atoms. The molecule has 1 unspecified atom stereocenters. The van der Waals surface area contributed by atoms with Crippen LogP contribution in [0, 0.1) is 0 Å². The van der Waals surface area contributed by atoms with Gasteiger partial charge in [-0.2, -0.15) is 0 Å². The average molecular weight is 343 g/mol. The highest BCUT2D eigenvalue weighted by atomic mass is 35.7. The molecule has 0 N–H and O–H groups in total. The molecule has 3 rings (SSSR count). The lowest BCUT2D eigenvalue weighted by molar-refractivity contribution is -0.117. The van der Waals surface area contributed by atoms with Crippen LogP contribution in [0.2, 0.25) is 0 Å². The summed E-state index contributed by atoms with van der Waals surface area (Å²) in [6, 6.07) is 5.43. The van der Waals surface area contributed by atoms with Crippen molar-refractivity contribution in [2.75, 3.05) is 22.9 Å². The second-order valence-corrected chi connectivity index (χ2v) is 8.45. The first-order chi connectivity index (χ1) is 10.3. The van der Waals surface area contributed by atoms with Crippen molar-refractivity contribution in [2.45, 2.75) is 25.0 Å². The van der Waals surface area contributed by atoms with Gasteiger partial charge in [0.05, 0.1) is 0 Å². The van der Waals surface area contributed by atoms with Gasteiger partial charge in [0.25, 0.3) is 0 Å². The summed E-state index contributed by atoms with van der Waals surface area (Å²) in [5.41, 5.74) is 2.43. The summed E-state index contributed by atoms with van der Waals surface area (Å²) < 4.78 is 22.8. The van der Waals surface area contributed by atoms with Crippen LogP contribution in [0.1, 0.15) is 18.9 Å². The Balaban J connectivity index is 1.93. The fraction of sp³-hybridized carbons (Fsp3) is 0.429. The molecule has 2 aliphatic rings. The summed E-state index contributed by atoms with van der Waals surface area (Å²) in [6.45, 7) is 2.17. The van der Waals surface area contributed by atoms with Crippen LogP contribution in [0.25, 0.3) is 0 Å². The number of anilines is 2. The zero-order chi connectivity index (χ0) is 16.1. The molecule has 0 bridgehead atoms. The summed E-state index contributed by atoms with van der Waals surface area (Å²) in [6.07, 6.45) is 0.668. The Kier molecular flexibility index (Phi) is 3.65. The highest BCUT2D eigenvalue weighted by molar-refractivity contribution is 8.14. The minimum absolute atomic E-state index is 0.0452. The van der Waals surface area contributed by atoms with E-state index in [1.165, 1.54) is 11.8 Å². The van der Waals surface area contributed by atoms with Gasteiger partial charge in [-0.05, 0) is 24.1 Å². The first-order valence-electron chi connectivity index (χ1n) is 6.92. The third-order valence-corrected chi connectivity index (χ3v) is 6.01. The first-order valence-corrected chi connectivity index (χ1v) is 9.29. The van der Waals surface area contributed by atoms with Gasteiger partial charge in [0.15, 0.2) is 0 Å². The Bertz CT molecular complexity index is 762. The number of rotatable bonds is 2. The van der Waals surface area contributed by atoms with E-state index < -0.39 is 14.3 Å². The van der Waals surface area contributed by atoms with Gasteiger partial charge >= 0.3 is 0 Å². The molecule has 1 aromatic rings. The molecule has 0 aromatic heterocycles. The summed E-state index contributed by atoms with van der Waals surface area (Å²) in [5, 5.41) is -0.890. The number of fused-ring (bicyclic) bond motifs is 1. The van der Waals surface area contributed by atoms with Crippen LogP contribution in [-0.2, 0) is 25.1 Å². The summed E-state index contributed by atoms with van der Waals surface area (Å²) >= 11 is 0. The number of amides is 2. The molecule has 2 amide bonds. The van der Waals surface area contributed by atoms with Crippen LogP contribution in [0.4, 0.5) is 11.4 Å². The number of carbonyl (C=O) groups excluding carboxylic acids is 2. The van der Waals surface area contributed by atoms with Crippen LogP contribution < -0.4 is 9.80 Å². The third kappa shape index (κ3) is 2.59. The average Bonchev–Trinajstić information content (AvgIpc) is 3.00. The predicted molar refractivity (Wildman–Crippen MR) is 83.7 cm³/mol.